The maximum atomic E-state index is 13.8. The van der Waals surface area contributed by atoms with E-state index in [0.29, 0.717) is 25.1 Å². The first-order valence-electron chi connectivity index (χ1n) is 6.17. The van der Waals surface area contributed by atoms with Gasteiger partial charge in [-0.2, -0.15) is 0 Å². The summed E-state index contributed by atoms with van der Waals surface area (Å²) >= 11 is 0. The van der Waals surface area contributed by atoms with E-state index in [1.165, 1.54) is 5.56 Å². The van der Waals surface area contributed by atoms with E-state index in [1.54, 1.807) is 0 Å². The van der Waals surface area contributed by atoms with Gasteiger partial charge in [0.25, 0.3) is 0 Å². The van der Waals surface area contributed by atoms with Gasteiger partial charge in [0, 0.05) is 12.1 Å². The number of benzene rings is 1. The fourth-order valence-electron chi connectivity index (χ4n) is 1.58. The molecule has 5 N–H and O–H groups in total. The van der Waals surface area contributed by atoms with Crippen LogP contribution in [0.25, 0.3) is 0 Å². The Morgan fingerprint density at radius 3 is 2.56 bits per heavy atom. The lowest BCUT2D eigenvalue weighted by atomic mass is 10.1. The van der Waals surface area contributed by atoms with E-state index >= 15 is 0 Å². The third-order valence-corrected chi connectivity index (χ3v) is 2.67. The minimum absolute atomic E-state index is 0.0537. The second-order valence-electron chi connectivity index (χ2n) is 4.11. The van der Waals surface area contributed by atoms with Crippen molar-refractivity contribution < 1.29 is 4.39 Å². The van der Waals surface area contributed by atoms with E-state index in [0.717, 1.165) is 6.42 Å². The smallest absolute Gasteiger partial charge is 0.185 e. The first-order chi connectivity index (χ1) is 8.63. The van der Waals surface area contributed by atoms with Gasteiger partial charge in [0.15, 0.2) is 12.3 Å². The van der Waals surface area contributed by atoms with Crippen LogP contribution in [-0.4, -0.2) is 19.0 Å². The average molecular weight is 252 g/mol. The van der Waals surface area contributed by atoms with Crippen molar-refractivity contribution in [2.75, 3.05) is 13.1 Å². The lowest BCUT2D eigenvalue weighted by molar-refractivity contribution is 0.280. The van der Waals surface area contributed by atoms with Crippen molar-refractivity contribution in [3.8, 4) is 0 Å². The van der Waals surface area contributed by atoms with Gasteiger partial charge >= 0.3 is 0 Å². The average Bonchev–Trinajstić information content (AvgIpc) is 2.38. The Kier molecular flexibility index (Phi) is 6.14. The van der Waals surface area contributed by atoms with Crippen LogP contribution in [0.3, 0.4) is 0 Å². The van der Waals surface area contributed by atoms with Crippen LogP contribution < -0.4 is 16.4 Å². The molecule has 0 saturated heterocycles. The number of aryl methyl sites for hydroxylation is 1. The van der Waals surface area contributed by atoms with Crippen molar-refractivity contribution in [3.05, 3.63) is 35.4 Å². The molecule has 0 aliphatic rings. The second-order valence-corrected chi connectivity index (χ2v) is 4.11. The summed E-state index contributed by atoms with van der Waals surface area (Å²) in [6, 6.07) is 7.51. The summed E-state index contributed by atoms with van der Waals surface area (Å²) in [5.74, 6) is -0.0537. The fourth-order valence-corrected chi connectivity index (χ4v) is 1.58. The standard InChI is InChI=1S/C13H21FN4/c1-2-10-4-6-11(7-5-10)12(14)17-8-3-9-18-13(15)16/h4-7,12,17H,2-3,8-9H2,1H3,(H4,15,16,18). The molecule has 1 rings (SSSR count). The Bertz CT molecular complexity index is 364. The van der Waals surface area contributed by atoms with Gasteiger partial charge < -0.3 is 11.1 Å². The minimum atomic E-state index is -1.15. The van der Waals surface area contributed by atoms with Gasteiger partial charge in [-0.25, -0.2) is 4.39 Å². The third-order valence-electron chi connectivity index (χ3n) is 2.67. The lowest BCUT2D eigenvalue weighted by Crippen LogP contribution is -2.32. The molecule has 0 spiro atoms. The third kappa shape index (κ3) is 5.14. The molecule has 0 saturated carbocycles. The number of nitrogens with one attached hydrogen (secondary N) is 3. The molecule has 0 radical (unpaired) electrons. The lowest BCUT2D eigenvalue weighted by Gasteiger charge is -2.11. The molecule has 1 atom stereocenters. The van der Waals surface area contributed by atoms with E-state index in [4.69, 9.17) is 11.1 Å². The molecule has 0 fully saturated rings. The predicted octanol–water partition coefficient (Wildman–Crippen LogP) is 1.68. The van der Waals surface area contributed by atoms with Crippen LogP contribution >= 0.6 is 0 Å². The summed E-state index contributed by atoms with van der Waals surface area (Å²) in [6.07, 6.45) is 0.530. The molecule has 0 amide bonds. The maximum Gasteiger partial charge on any atom is 0.185 e. The zero-order valence-corrected chi connectivity index (χ0v) is 10.7. The monoisotopic (exact) mass is 252 g/mol. The van der Waals surface area contributed by atoms with Gasteiger partial charge in [-0.15, -0.1) is 0 Å². The summed E-state index contributed by atoms with van der Waals surface area (Å²) in [7, 11) is 0. The number of hydrogen-bond donors (Lipinski definition) is 4. The highest BCUT2D eigenvalue weighted by atomic mass is 19.1. The Labute approximate surface area is 107 Å². The highest BCUT2D eigenvalue weighted by molar-refractivity contribution is 5.74. The normalized spacial score (nSPS) is 12.1. The molecule has 0 aliphatic heterocycles. The first kappa shape index (κ1) is 14.4. The van der Waals surface area contributed by atoms with E-state index in [9.17, 15) is 4.39 Å². The molecule has 1 aromatic carbocycles. The van der Waals surface area contributed by atoms with E-state index in [2.05, 4.69) is 17.6 Å². The van der Waals surface area contributed by atoms with Crippen LogP contribution in [0, 0.1) is 5.41 Å². The highest BCUT2D eigenvalue weighted by Gasteiger charge is 2.07. The van der Waals surface area contributed by atoms with Gasteiger partial charge in [0.1, 0.15) is 0 Å². The molecule has 0 heterocycles. The predicted molar refractivity (Wildman–Crippen MR) is 72.2 cm³/mol. The zero-order chi connectivity index (χ0) is 13.4. The quantitative estimate of drug-likeness (QED) is 0.258. The van der Waals surface area contributed by atoms with Crippen molar-refractivity contribution in [1.29, 1.82) is 5.41 Å². The van der Waals surface area contributed by atoms with Crippen LogP contribution in [0.5, 0.6) is 0 Å². The second kappa shape index (κ2) is 7.66. The molecule has 4 nitrogen and oxygen atoms in total. The largest absolute Gasteiger partial charge is 0.370 e. The minimum Gasteiger partial charge on any atom is -0.370 e. The molecule has 18 heavy (non-hydrogen) atoms. The summed E-state index contributed by atoms with van der Waals surface area (Å²) in [4.78, 5) is 0. The zero-order valence-electron chi connectivity index (χ0n) is 10.7. The number of rotatable bonds is 7. The number of nitrogens with two attached hydrogens (primary N) is 1. The molecule has 0 aromatic heterocycles. The topological polar surface area (TPSA) is 73.9 Å². The fraction of sp³-hybridized carbons (Fsp3) is 0.462. The van der Waals surface area contributed by atoms with Gasteiger partial charge in [0.05, 0.1) is 0 Å². The molecular formula is C13H21FN4. The molecule has 1 unspecified atom stereocenters. The summed E-state index contributed by atoms with van der Waals surface area (Å²) < 4.78 is 13.8. The number of guanidine groups is 1. The Morgan fingerprint density at radius 1 is 1.33 bits per heavy atom. The summed E-state index contributed by atoms with van der Waals surface area (Å²) in [6.45, 7) is 3.18. The van der Waals surface area contributed by atoms with E-state index in [1.807, 2.05) is 24.3 Å². The molecule has 100 valence electrons. The van der Waals surface area contributed by atoms with Crippen molar-refractivity contribution >= 4 is 5.96 Å². The molecule has 0 bridgehead atoms. The van der Waals surface area contributed by atoms with Gasteiger partial charge in [0.2, 0.25) is 0 Å². The van der Waals surface area contributed by atoms with Crippen molar-refractivity contribution in [1.82, 2.24) is 10.6 Å². The van der Waals surface area contributed by atoms with Crippen LogP contribution in [0.1, 0.15) is 30.8 Å². The SMILES string of the molecule is CCc1ccc(C(F)NCCCNC(=N)N)cc1. The molecular weight excluding hydrogens is 231 g/mol. The summed E-state index contributed by atoms with van der Waals surface area (Å²) in [5.41, 5.74) is 6.98. The van der Waals surface area contributed by atoms with Crippen LogP contribution in [-0.2, 0) is 6.42 Å². The van der Waals surface area contributed by atoms with Crippen LogP contribution in [0.4, 0.5) is 4.39 Å². The Hall–Kier alpha value is -1.62. The van der Waals surface area contributed by atoms with Crippen LogP contribution in [0.2, 0.25) is 0 Å². The van der Waals surface area contributed by atoms with Gasteiger partial charge in [-0.05, 0) is 24.9 Å². The first-order valence-corrected chi connectivity index (χ1v) is 6.17. The highest BCUT2D eigenvalue weighted by Crippen LogP contribution is 2.15. The molecule has 5 heteroatoms. The van der Waals surface area contributed by atoms with Crippen molar-refractivity contribution in [2.24, 2.45) is 5.73 Å². The number of alkyl halides is 1. The Morgan fingerprint density at radius 2 is 2.00 bits per heavy atom. The van der Waals surface area contributed by atoms with E-state index < -0.39 is 6.30 Å². The summed E-state index contributed by atoms with van der Waals surface area (Å²) in [5, 5.41) is 12.4. The van der Waals surface area contributed by atoms with Gasteiger partial charge in [-0.1, -0.05) is 31.2 Å². The number of hydrogen-bond acceptors (Lipinski definition) is 2. The molecule has 1 aromatic rings. The number of halogens is 1. The van der Waals surface area contributed by atoms with E-state index in [-0.39, 0.29) is 5.96 Å². The molecule has 0 aliphatic carbocycles. The maximum absolute atomic E-state index is 13.8. The van der Waals surface area contributed by atoms with Crippen molar-refractivity contribution in [3.63, 3.8) is 0 Å². The Balaban J connectivity index is 2.27. The van der Waals surface area contributed by atoms with Crippen LogP contribution in [0.15, 0.2) is 24.3 Å². The van der Waals surface area contributed by atoms with Crippen molar-refractivity contribution in [2.45, 2.75) is 26.1 Å². The van der Waals surface area contributed by atoms with Gasteiger partial charge in [-0.3, -0.25) is 10.7 Å².